The van der Waals surface area contributed by atoms with Crippen LogP contribution >= 0.6 is 0 Å². The van der Waals surface area contributed by atoms with Crippen molar-refractivity contribution in [3.05, 3.63) is 0 Å². The predicted molar refractivity (Wildman–Crippen MR) is 293 cm³/mol. The lowest BCUT2D eigenvalue weighted by Crippen LogP contribution is -2.68. The number of rotatable bonds is 20. The molecule has 5 saturated heterocycles. The van der Waals surface area contributed by atoms with Gasteiger partial charge in [0.05, 0.1) is 50.2 Å². The fraction of sp³-hybridized carbons (Fsp3) is 0.962. The summed E-state index contributed by atoms with van der Waals surface area (Å²) < 4.78 is 178. The van der Waals surface area contributed by atoms with Gasteiger partial charge in [0.25, 0.3) is 0 Å². The van der Waals surface area contributed by atoms with Gasteiger partial charge in [-0.15, -0.1) is 0 Å². The maximum Gasteiger partial charge on any atom is 0.397 e. The summed E-state index contributed by atoms with van der Waals surface area (Å²) in [6, 6.07) is 0. The molecule has 31 atom stereocenters. The molecule has 9 fully saturated rings. The molecule has 526 valence electrons. The Balaban J connectivity index is 1.00. The first-order chi connectivity index (χ1) is 42.0. The molecule has 4 saturated carbocycles. The van der Waals surface area contributed by atoms with Gasteiger partial charge in [0.1, 0.15) is 115 Å². The van der Waals surface area contributed by atoms with Crippen LogP contribution in [0, 0.1) is 38.9 Å². The zero-order valence-electron chi connectivity index (χ0n) is 50.9. The van der Waals surface area contributed by atoms with Gasteiger partial charge in [0.15, 0.2) is 31.5 Å². The number of methoxy groups -OCH3 is 1. The Hall–Kier alpha value is -1.89. The van der Waals surface area contributed by atoms with Crippen LogP contribution < -0.4 is 0 Å². The quantitative estimate of drug-likeness (QED) is 0.0511. The summed E-state index contributed by atoms with van der Waals surface area (Å²) in [7, 11) is -14.9. The maximum absolute atomic E-state index is 15.4. The largest absolute Gasteiger partial charge is 0.397 e. The highest BCUT2D eigenvalue weighted by atomic mass is 32.3. The van der Waals surface area contributed by atoms with Gasteiger partial charge in [-0.05, 0) is 81.0 Å². The van der Waals surface area contributed by atoms with E-state index in [1.54, 1.807) is 6.92 Å². The highest BCUT2D eigenvalue weighted by molar-refractivity contribution is 7.81. The van der Waals surface area contributed by atoms with Crippen LogP contribution in [-0.2, 0) is 105 Å². The third kappa shape index (κ3) is 13.7. The molecule has 4 aliphatic carbocycles. The minimum absolute atomic E-state index is 0.00537. The molecule has 0 aromatic carbocycles. The number of aliphatic hydroxyl groups excluding tert-OH is 10. The maximum atomic E-state index is 15.4. The second kappa shape index (κ2) is 26.7. The summed E-state index contributed by atoms with van der Waals surface area (Å²) >= 11 is 0. The second-order valence-electron chi connectivity index (χ2n) is 26.7. The molecule has 0 radical (unpaired) electrons. The molecule has 5 aliphatic heterocycles. The number of ketones is 2. The van der Waals surface area contributed by atoms with Gasteiger partial charge in [0, 0.05) is 18.4 Å². The fourth-order valence-electron chi connectivity index (χ4n) is 16.4. The van der Waals surface area contributed by atoms with E-state index in [4.69, 9.17) is 56.3 Å². The molecule has 0 aromatic heterocycles. The van der Waals surface area contributed by atoms with Crippen molar-refractivity contribution in [1.29, 1.82) is 0 Å². The van der Waals surface area contributed by atoms with Gasteiger partial charge in [0.2, 0.25) is 0 Å². The molecule has 35 nitrogen and oxygen atoms in total. The molecule has 9 rings (SSSR count). The molecule has 0 amide bonds. The van der Waals surface area contributed by atoms with Crippen molar-refractivity contribution < 1.29 is 164 Å². The Bertz CT molecular complexity index is 2950. The lowest BCUT2D eigenvalue weighted by Gasteiger charge is -2.62. The summed E-state index contributed by atoms with van der Waals surface area (Å²) in [4.78, 5) is 28.4. The Kier molecular flexibility index (Phi) is 21.6. The predicted octanol–water partition coefficient (Wildman–Crippen LogP) is -4.52. The highest BCUT2D eigenvalue weighted by Crippen LogP contribution is 2.75. The topological polar surface area (TPSA) is 529 Å². The molecule has 0 unspecified atom stereocenters. The van der Waals surface area contributed by atoms with E-state index in [1.165, 1.54) is 6.92 Å². The number of fused-ring (bicyclic) bond motifs is 3. The van der Waals surface area contributed by atoms with E-state index in [-0.39, 0.29) is 30.3 Å². The molecular formula is C53H86O35S3. The van der Waals surface area contributed by atoms with E-state index >= 15 is 4.79 Å². The van der Waals surface area contributed by atoms with Crippen LogP contribution in [0.15, 0.2) is 0 Å². The zero-order valence-corrected chi connectivity index (χ0v) is 53.3. The number of hydrogen-bond acceptors (Lipinski definition) is 32. The van der Waals surface area contributed by atoms with E-state index in [0.29, 0.717) is 32.1 Å². The lowest BCUT2D eigenvalue weighted by molar-refractivity contribution is -0.403. The van der Waals surface area contributed by atoms with Gasteiger partial charge in [-0.3, -0.25) is 23.2 Å². The van der Waals surface area contributed by atoms with Crippen molar-refractivity contribution in [3.8, 4) is 0 Å². The molecule has 0 bridgehead atoms. The highest BCUT2D eigenvalue weighted by Gasteiger charge is 2.77. The average Bonchev–Trinajstić information content (AvgIpc) is 1.52. The van der Waals surface area contributed by atoms with Crippen LogP contribution in [0.3, 0.4) is 0 Å². The number of carbonyl (C=O) groups excluding carboxylic acids is 2. The molecule has 38 heteroatoms. The first-order valence-corrected chi connectivity index (χ1v) is 33.9. The number of aliphatic hydroxyl groups is 10. The number of ether oxygens (including phenoxy) is 11. The Morgan fingerprint density at radius 3 is 1.66 bits per heavy atom. The van der Waals surface area contributed by atoms with E-state index in [0.717, 1.165) is 7.11 Å². The summed E-state index contributed by atoms with van der Waals surface area (Å²) in [5.41, 5.74) is -4.54. The van der Waals surface area contributed by atoms with Gasteiger partial charge >= 0.3 is 31.2 Å². The number of carbonyl (C=O) groups is 2. The van der Waals surface area contributed by atoms with Crippen LogP contribution in [0.5, 0.6) is 0 Å². The van der Waals surface area contributed by atoms with Crippen LogP contribution in [0.2, 0.25) is 0 Å². The Morgan fingerprint density at radius 1 is 0.549 bits per heavy atom. The third-order valence-electron chi connectivity index (χ3n) is 21.5. The van der Waals surface area contributed by atoms with Crippen molar-refractivity contribution in [2.75, 3.05) is 33.5 Å². The minimum atomic E-state index is -5.36. The van der Waals surface area contributed by atoms with Gasteiger partial charge in [-0.25, -0.2) is 12.5 Å². The van der Waals surface area contributed by atoms with Gasteiger partial charge in [-0.2, -0.15) is 25.3 Å². The zero-order chi connectivity index (χ0) is 67.4. The molecule has 1 spiro atoms. The molecule has 5 heterocycles. The van der Waals surface area contributed by atoms with Crippen LogP contribution in [-0.4, -0.2) is 289 Å². The molecule has 9 aliphatic rings. The first kappa shape index (κ1) is 73.4. The minimum Gasteiger partial charge on any atom is -0.392 e. The number of hydrogen-bond donors (Lipinski definition) is 13. The van der Waals surface area contributed by atoms with Crippen molar-refractivity contribution in [3.63, 3.8) is 0 Å². The van der Waals surface area contributed by atoms with Gasteiger partial charge < -0.3 is 103 Å². The van der Waals surface area contributed by atoms with E-state index in [2.05, 4.69) is 8.37 Å². The molecule has 0 aromatic rings. The molecular weight excluding hydrogens is 1290 g/mol. The van der Waals surface area contributed by atoms with Crippen LogP contribution in [0.1, 0.15) is 93.4 Å². The normalized spacial score (nSPS) is 49.7. The van der Waals surface area contributed by atoms with Crippen molar-refractivity contribution in [1.82, 2.24) is 0 Å². The van der Waals surface area contributed by atoms with Crippen LogP contribution in [0.4, 0.5) is 0 Å². The summed E-state index contributed by atoms with van der Waals surface area (Å²) in [5, 5.41) is 115. The van der Waals surface area contributed by atoms with E-state index < -0.39 is 244 Å². The first-order valence-electron chi connectivity index (χ1n) is 29.8. The van der Waals surface area contributed by atoms with Crippen molar-refractivity contribution >= 4 is 42.8 Å². The second-order valence-corrected chi connectivity index (χ2v) is 30.0. The van der Waals surface area contributed by atoms with E-state index in [9.17, 15) is 94.8 Å². The van der Waals surface area contributed by atoms with Crippen LogP contribution in [0.25, 0.3) is 0 Å². The molecule has 91 heavy (non-hydrogen) atoms. The fourth-order valence-corrected chi connectivity index (χ4v) is 17.5. The molecule has 13 N–H and O–H groups in total. The summed E-state index contributed by atoms with van der Waals surface area (Å²) in [5.74, 6) is -0.836. The van der Waals surface area contributed by atoms with E-state index in [1.807, 2.05) is 34.6 Å². The van der Waals surface area contributed by atoms with Crippen molar-refractivity contribution in [2.45, 2.75) is 247 Å². The lowest BCUT2D eigenvalue weighted by atomic mass is 9.41. The third-order valence-corrected chi connectivity index (χ3v) is 22.9. The summed E-state index contributed by atoms with van der Waals surface area (Å²) in [6.07, 6.45) is -45.7. The SMILES string of the molecule is CO[C@@H]1[C@@H](O)[C@H](O[C@@H]2[C@@H](O)[C@H](O[C@H]3[C@H](O)[C@@H](O[C@@H]4OC[C@@H](O)[C@H](O)[C@H]4O)[C@H](O[C@H]4[C@H](O[C@H]5CC[C@@]6(C)[C@@H](C[C@@H](O)[C@@]67CC[C@]6(C)[C@@H](C(C)=O)CC[C@@]6(C)C7=O)C5(C)C)OC[C@@H](OS(=O)(=O)O)[C@@H]4O)O[C@@H]3C)O[C@H](COS(=O)(=O)O)[C@H]2O)O[C@H](COS(=O)(=O)O)[C@H]1O. The van der Waals surface area contributed by atoms with Gasteiger partial charge in [-0.1, -0.05) is 34.6 Å². The summed E-state index contributed by atoms with van der Waals surface area (Å²) in [6.45, 7) is 8.54. The number of Topliss-reactive ketones (excluding diaryl/α,β-unsaturated/α-hetero) is 2. The average molecular weight is 1380 g/mol. The standard InChI is InChI=1S/C53H86O35S3/c1-20(54)22-9-11-52(7)48(65)53(14-13-50(22,52)5)28(56)15-27-49(3,4)29(10-12-51(27,53)6)83-46-41(33(60)26(17-77-46)88-91(72,73)74)87-47-42(86-43-34(61)30(57)23(55)16-76-43)35(62)38(21(2)80-47)84-45-37(64)40(32(59)25(82-45)19-79-90(69,70)71)85-44-36(63)39(75-8)31(58)24(81-44)18-78-89(66,67)68/h21-47,55-64H,9-19H2,1-8H3,(H,66,67,68)(H,69,70,71)(H,72,73,74)/t21-,22-,23-,24-,25-,26-,27+,28-,29+,30+,31-,32-,33+,34-,35+,36-,37-,38-,39+,40+,41-,42-,43+,44+,45+,46+,47+,50-,51+,52+,53-/m1/s1. The monoisotopic (exact) mass is 1380 g/mol. The van der Waals surface area contributed by atoms with Crippen molar-refractivity contribution in [2.24, 2.45) is 38.9 Å². The Labute approximate surface area is 524 Å². The Morgan fingerprint density at radius 2 is 1.09 bits per heavy atom. The smallest absolute Gasteiger partial charge is 0.392 e.